The molecule has 0 saturated heterocycles. The van der Waals surface area contributed by atoms with Gasteiger partial charge in [-0.15, -0.1) is 23.1 Å². The summed E-state index contributed by atoms with van der Waals surface area (Å²) in [6, 6.07) is 7.98. The average Bonchev–Trinajstić information content (AvgIpc) is 2.90. The van der Waals surface area contributed by atoms with Gasteiger partial charge in [0.25, 0.3) is 0 Å². The van der Waals surface area contributed by atoms with Crippen molar-refractivity contribution in [2.45, 2.75) is 17.1 Å². The van der Waals surface area contributed by atoms with Crippen molar-refractivity contribution in [1.29, 1.82) is 5.26 Å². The molecule has 0 spiro atoms. The molecule has 7 heteroatoms. The maximum Gasteiger partial charge on any atom is 0.238 e. The zero-order valence-corrected chi connectivity index (χ0v) is 13.3. The predicted molar refractivity (Wildman–Crippen MR) is 84.4 cm³/mol. The van der Waals surface area contributed by atoms with E-state index in [1.807, 2.05) is 6.07 Å². The molecular formula is C14H10ClFN2OS2. The molecule has 0 radical (unpaired) electrons. The first-order valence-corrected chi connectivity index (χ1v) is 8.05. The summed E-state index contributed by atoms with van der Waals surface area (Å²) in [4.78, 5) is 12.8. The van der Waals surface area contributed by atoms with E-state index >= 15 is 0 Å². The summed E-state index contributed by atoms with van der Waals surface area (Å²) in [5.74, 6) is -0.713. The second kappa shape index (κ2) is 6.94. The molecule has 0 aliphatic rings. The Labute approximate surface area is 134 Å². The molecule has 1 aromatic heterocycles. The van der Waals surface area contributed by atoms with Gasteiger partial charge in [-0.25, -0.2) is 4.39 Å². The number of benzene rings is 1. The van der Waals surface area contributed by atoms with Crippen LogP contribution in [-0.4, -0.2) is 11.2 Å². The number of amides is 1. The van der Waals surface area contributed by atoms with E-state index < -0.39 is 11.1 Å². The van der Waals surface area contributed by atoms with Crippen molar-refractivity contribution in [3.63, 3.8) is 0 Å². The molecule has 0 unspecified atom stereocenters. The molecule has 0 fully saturated rings. The van der Waals surface area contributed by atoms with Gasteiger partial charge in [0.1, 0.15) is 16.9 Å². The Morgan fingerprint density at radius 3 is 2.95 bits per heavy atom. The van der Waals surface area contributed by atoms with Crippen LogP contribution in [0.25, 0.3) is 0 Å². The first-order valence-electron chi connectivity index (χ1n) is 5.91. The van der Waals surface area contributed by atoms with Gasteiger partial charge in [-0.05, 0) is 36.6 Å². The number of nitriles is 1. The molecule has 1 N–H and O–H groups in total. The Balaban J connectivity index is 2.03. The van der Waals surface area contributed by atoms with Gasteiger partial charge in [0, 0.05) is 4.90 Å². The van der Waals surface area contributed by atoms with Crippen LogP contribution in [0.4, 0.5) is 9.39 Å². The first kappa shape index (κ1) is 15.8. The monoisotopic (exact) mass is 340 g/mol. The van der Waals surface area contributed by atoms with E-state index in [1.165, 1.54) is 35.2 Å². The number of nitrogens with one attached hydrogen (secondary N) is 1. The maximum absolute atomic E-state index is 13.1. The Kier molecular flexibility index (Phi) is 5.23. The Bertz CT molecular complexity index is 711. The molecule has 0 aliphatic carbocycles. The molecule has 1 aromatic carbocycles. The van der Waals surface area contributed by atoms with E-state index in [4.69, 9.17) is 16.9 Å². The van der Waals surface area contributed by atoms with Gasteiger partial charge in [0.05, 0.1) is 15.8 Å². The third-order valence-electron chi connectivity index (χ3n) is 2.60. The summed E-state index contributed by atoms with van der Waals surface area (Å²) >= 11 is 8.27. The topological polar surface area (TPSA) is 52.9 Å². The molecule has 108 valence electrons. The number of hydrogen-bond acceptors (Lipinski definition) is 4. The normalized spacial score (nSPS) is 11.7. The average molecular weight is 341 g/mol. The molecule has 0 saturated carbocycles. The van der Waals surface area contributed by atoms with Crippen LogP contribution in [0.15, 0.2) is 34.5 Å². The highest BCUT2D eigenvalue weighted by Crippen LogP contribution is 2.29. The lowest BCUT2D eigenvalue weighted by molar-refractivity contribution is -0.115. The fraction of sp³-hybridized carbons (Fsp3) is 0.143. The SMILES string of the molecule is C[C@H](Sc1ccc(F)c(Cl)c1)C(=O)Nc1sccc1C#N. The fourth-order valence-electron chi connectivity index (χ4n) is 1.52. The third-order valence-corrected chi connectivity index (χ3v) is 4.81. The first-order chi connectivity index (χ1) is 10.0. The van der Waals surface area contributed by atoms with Crippen molar-refractivity contribution < 1.29 is 9.18 Å². The number of thioether (sulfide) groups is 1. The highest BCUT2D eigenvalue weighted by atomic mass is 35.5. The fourth-order valence-corrected chi connectivity index (χ4v) is 3.41. The molecular weight excluding hydrogens is 331 g/mol. The van der Waals surface area contributed by atoms with Crippen LogP contribution in [-0.2, 0) is 4.79 Å². The zero-order chi connectivity index (χ0) is 15.4. The molecule has 3 nitrogen and oxygen atoms in total. The van der Waals surface area contributed by atoms with E-state index in [0.717, 1.165) is 0 Å². The molecule has 2 aromatic rings. The maximum atomic E-state index is 13.1. The predicted octanol–water partition coefficient (Wildman–Crippen LogP) is 4.53. The number of hydrogen-bond donors (Lipinski definition) is 1. The van der Waals surface area contributed by atoms with Crippen molar-refractivity contribution in [2.75, 3.05) is 5.32 Å². The summed E-state index contributed by atoms with van der Waals surface area (Å²) < 4.78 is 13.1. The van der Waals surface area contributed by atoms with Crippen molar-refractivity contribution >= 4 is 45.6 Å². The van der Waals surface area contributed by atoms with Crippen molar-refractivity contribution in [1.82, 2.24) is 0 Å². The Hall–Kier alpha value is -1.55. The summed E-state index contributed by atoms with van der Waals surface area (Å²) in [7, 11) is 0. The van der Waals surface area contributed by atoms with Crippen LogP contribution >= 0.6 is 34.7 Å². The molecule has 1 heterocycles. The molecule has 0 aliphatic heterocycles. The standard InChI is InChI=1S/C14H10ClFN2OS2/c1-8(21-10-2-3-12(16)11(15)6-10)13(19)18-14-9(7-17)4-5-20-14/h2-6,8H,1H3,(H,18,19)/t8-/m0/s1. The van der Waals surface area contributed by atoms with Gasteiger partial charge >= 0.3 is 0 Å². The number of anilines is 1. The van der Waals surface area contributed by atoms with E-state index in [1.54, 1.807) is 24.4 Å². The lowest BCUT2D eigenvalue weighted by Gasteiger charge is -2.11. The molecule has 2 rings (SSSR count). The Morgan fingerprint density at radius 2 is 2.29 bits per heavy atom. The molecule has 0 bridgehead atoms. The highest BCUT2D eigenvalue weighted by molar-refractivity contribution is 8.00. The minimum atomic E-state index is -0.490. The minimum Gasteiger partial charge on any atom is -0.316 e. The van der Waals surface area contributed by atoms with E-state index in [0.29, 0.717) is 15.5 Å². The number of thiophene rings is 1. The summed E-state index contributed by atoms with van der Waals surface area (Å²) in [6.45, 7) is 1.73. The van der Waals surface area contributed by atoms with Gasteiger partial charge in [-0.2, -0.15) is 5.26 Å². The van der Waals surface area contributed by atoms with Crippen molar-refractivity contribution in [3.05, 3.63) is 46.0 Å². The van der Waals surface area contributed by atoms with Gasteiger partial charge in [-0.1, -0.05) is 11.6 Å². The van der Waals surface area contributed by atoms with Crippen LogP contribution in [0, 0.1) is 17.1 Å². The Morgan fingerprint density at radius 1 is 1.52 bits per heavy atom. The number of halogens is 2. The van der Waals surface area contributed by atoms with Crippen LogP contribution in [0.1, 0.15) is 12.5 Å². The van der Waals surface area contributed by atoms with E-state index in [2.05, 4.69) is 5.32 Å². The largest absolute Gasteiger partial charge is 0.316 e. The van der Waals surface area contributed by atoms with E-state index in [9.17, 15) is 9.18 Å². The summed E-state index contributed by atoms with van der Waals surface area (Å²) in [5.41, 5.74) is 0.440. The van der Waals surface area contributed by atoms with E-state index in [-0.39, 0.29) is 10.9 Å². The molecule has 21 heavy (non-hydrogen) atoms. The quantitative estimate of drug-likeness (QED) is 0.832. The van der Waals surface area contributed by atoms with Gasteiger partial charge in [-0.3, -0.25) is 4.79 Å². The summed E-state index contributed by atoms with van der Waals surface area (Å²) in [6.07, 6.45) is 0. The van der Waals surface area contributed by atoms with Crippen LogP contribution in [0.2, 0.25) is 5.02 Å². The number of nitrogens with zero attached hydrogens (tertiary/aromatic N) is 1. The zero-order valence-electron chi connectivity index (χ0n) is 10.9. The number of carbonyl (C=O) groups is 1. The summed E-state index contributed by atoms with van der Waals surface area (Å²) in [5, 5.41) is 13.5. The van der Waals surface area contributed by atoms with Gasteiger partial charge in [0.15, 0.2) is 0 Å². The number of carbonyl (C=O) groups excluding carboxylic acids is 1. The van der Waals surface area contributed by atoms with Crippen molar-refractivity contribution in [2.24, 2.45) is 0 Å². The van der Waals surface area contributed by atoms with Gasteiger partial charge < -0.3 is 5.32 Å². The second-order valence-electron chi connectivity index (χ2n) is 4.10. The lowest BCUT2D eigenvalue weighted by atomic mass is 10.3. The van der Waals surface area contributed by atoms with Gasteiger partial charge in [0.2, 0.25) is 5.91 Å². The minimum absolute atomic E-state index is 0.0256. The van der Waals surface area contributed by atoms with Crippen LogP contribution < -0.4 is 5.32 Å². The molecule has 1 atom stereocenters. The molecule has 1 amide bonds. The van der Waals surface area contributed by atoms with Crippen molar-refractivity contribution in [3.8, 4) is 6.07 Å². The smallest absolute Gasteiger partial charge is 0.238 e. The number of rotatable bonds is 4. The lowest BCUT2D eigenvalue weighted by Crippen LogP contribution is -2.22. The third kappa shape index (κ3) is 3.97. The van der Waals surface area contributed by atoms with Crippen LogP contribution in [0.5, 0.6) is 0 Å². The van der Waals surface area contributed by atoms with Crippen LogP contribution in [0.3, 0.4) is 0 Å². The highest BCUT2D eigenvalue weighted by Gasteiger charge is 2.17. The second-order valence-corrected chi connectivity index (χ2v) is 6.84.